The molecule has 0 aromatic heterocycles. The molecule has 14 nitrogen and oxygen atoms in total. The average molecular weight is 633 g/mol. The molecule has 1 aromatic carbocycles. The highest BCUT2D eigenvalue weighted by Gasteiger charge is 2.17. The van der Waals surface area contributed by atoms with E-state index in [0.717, 1.165) is 0 Å². The molecule has 0 fully saturated rings. The van der Waals surface area contributed by atoms with Crippen molar-refractivity contribution in [2.24, 2.45) is 0 Å². The van der Waals surface area contributed by atoms with Gasteiger partial charge in [-0.3, -0.25) is 9.59 Å². The summed E-state index contributed by atoms with van der Waals surface area (Å²) in [5.74, 6) is -1.90. The fourth-order valence-electron chi connectivity index (χ4n) is 3.07. The molecule has 1 rings (SSSR count). The zero-order valence-corrected chi connectivity index (χ0v) is 25.7. The van der Waals surface area contributed by atoms with Gasteiger partial charge in [0.15, 0.2) is 0 Å². The Morgan fingerprint density at radius 1 is 0.409 bits per heavy atom. The molecule has 0 aliphatic heterocycles. The van der Waals surface area contributed by atoms with Gasteiger partial charge in [0.05, 0.1) is 119 Å². The van der Waals surface area contributed by atoms with Crippen molar-refractivity contribution in [2.75, 3.05) is 132 Å². The molecule has 0 heterocycles. The van der Waals surface area contributed by atoms with Gasteiger partial charge in [0.25, 0.3) is 5.78 Å². The van der Waals surface area contributed by atoms with E-state index < -0.39 is 11.8 Å². The van der Waals surface area contributed by atoms with Gasteiger partial charge in [-0.2, -0.15) is 0 Å². The predicted molar refractivity (Wildman–Crippen MR) is 156 cm³/mol. The largest absolute Gasteiger partial charge is 0.463 e. The third-order valence-corrected chi connectivity index (χ3v) is 5.19. The highest BCUT2D eigenvalue weighted by molar-refractivity contribution is 6.40. The van der Waals surface area contributed by atoms with Crippen LogP contribution in [0, 0.1) is 0 Å². The van der Waals surface area contributed by atoms with Gasteiger partial charge in [0.2, 0.25) is 0 Å². The summed E-state index contributed by atoms with van der Waals surface area (Å²) in [6, 6.07) is 8.24. The number of Topliss-reactive ketones (excluding diaryl/α,β-unsaturated/α-hetero) is 1. The van der Waals surface area contributed by atoms with Gasteiger partial charge in [0, 0.05) is 12.5 Å². The first-order chi connectivity index (χ1) is 21.6. The zero-order valence-electron chi connectivity index (χ0n) is 25.7. The van der Waals surface area contributed by atoms with E-state index in [4.69, 9.17) is 52.1 Å². The van der Waals surface area contributed by atoms with Crippen molar-refractivity contribution in [3.05, 3.63) is 35.9 Å². The second kappa shape index (κ2) is 30.5. The van der Waals surface area contributed by atoms with Crippen molar-refractivity contribution >= 4 is 17.7 Å². The number of hydrogen-bond donors (Lipinski definition) is 0. The number of ether oxygens (including phenoxy) is 11. The van der Waals surface area contributed by atoms with Crippen molar-refractivity contribution < 1.29 is 66.5 Å². The van der Waals surface area contributed by atoms with Crippen LogP contribution in [-0.2, 0) is 61.7 Å². The first-order valence-corrected chi connectivity index (χ1v) is 14.7. The third kappa shape index (κ3) is 25.9. The van der Waals surface area contributed by atoms with E-state index in [2.05, 4.69) is 0 Å². The normalized spacial score (nSPS) is 11.0. The van der Waals surface area contributed by atoms with E-state index in [9.17, 15) is 14.4 Å². The maximum Gasteiger partial charge on any atom is 0.379 e. The second-order valence-electron chi connectivity index (χ2n) is 8.68. The molecule has 252 valence electrons. The molecule has 0 aliphatic carbocycles. The number of hydrogen-bond acceptors (Lipinski definition) is 14. The minimum absolute atomic E-state index is 0.00578. The van der Waals surface area contributed by atoms with Crippen LogP contribution in [0.25, 0.3) is 0 Å². The number of ketones is 1. The first kappa shape index (κ1) is 39.5. The SMILES string of the molecule is CC(=O)OCCOCCOCCOCCOCCOCCOCCOCCOCCOCCOC(=O)C(=O)c1ccccc1. The lowest BCUT2D eigenvalue weighted by Gasteiger charge is -2.09. The van der Waals surface area contributed by atoms with E-state index in [1.165, 1.54) is 6.92 Å². The van der Waals surface area contributed by atoms with Crippen LogP contribution in [0.15, 0.2) is 30.3 Å². The predicted octanol–water partition coefficient (Wildman–Crippen LogP) is 1.13. The fourth-order valence-corrected chi connectivity index (χ4v) is 3.07. The minimum atomic E-state index is -0.900. The van der Waals surface area contributed by atoms with Gasteiger partial charge in [-0.25, -0.2) is 4.79 Å². The Kier molecular flexibility index (Phi) is 27.4. The van der Waals surface area contributed by atoms with Crippen molar-refractivity contribution in [2.45, 2.75) is 6.92 Å². The van der Waals surface area contributed by atoms with E-state index in [-0.39, 0.29) is 25.8 Å². The lowest BCUT2D eigenvalue weighted by atomic mass is 10.1. The van der Waals surface area contributed by atoms with Crippen LogP contribution in [0.5, 0.6) is 0 Å². The van der Waals surface area contributed by atoms with Gasteiger partial charge in [-0.05, 0) is 0 Å². The maximum absolute atomic E-state index is 11.9. The van der Waals surface area contributed by atoms with Crippen LogP contribution in [-0.4, -0.2) is 150 Å². The molecule has 44 heavy (non-hydrogen) atoms. The molecule has 0 amide bonds. The molecule has 0 atom stereocenters. The summed E-state index contributed by atoms with van der Waals surface area (Å²) in [5, 5.41) is 0. The molecular weight excluding hydrogens is 584 g/mol. The lowest BCUT2D eigenvalue weighted by molar-refractivity contribution is -0.142. The molecule has 1 aromatic rings. The number of carbonyl (C=O) groups is 3. The number of benzene rings is 1. The van der Waals surface area contributed by atoms with Crippen molar-refractivity contribution in [3.8, 4) is 0 Å². The molecule has 0 aliphatic rings. The molecule has 0 saturated heterocycles. The molecule has 0 N–H and O–H groups in total. The molecular formula is C30H48O14. The van der Waals surface area contributed by atoms with Gasteiger partial charge in [-0.15, -0.1) is 0 Å². The summed E-state index contributed by atoms with van der Waals surface area (Å²) in [4.78, 5) is 34.2. The molecule has 0 bridgehead atoms. The number of carbonyl (C=O) groups excluding carboxylic acids is 3. The summed E-state index contributed by atoms with van der Waals surface area (Å²) in [6.45, 7) is 9.26. The Morgan fingerprint density at radius 2 is 0.682 bits per heavy atom. The van der Waals surface area contributed by atoms with Crippen LogP contribution in [0.1, 0.15) is 17.3 Å². The summed E-state index contributed by atoms with van der Waals surface area (Å²) < 4.78 is 58.1. The van der Waals surface area contributed by atoms with Crippen molar-refractivity contribution in [1.82, 2.24) is 0 Å². The van der Waals surface area contributed by atoms with Gasteiger partial charge < -0.3 is 52.1 Å². The lowest BCUT2D eigenvalue weighted by Crippen LogP contribution is -2.20. The summed E-state index contributed by atoms with van der Waals surface area (Å²) in [6.07, 6.45) is 0. The maximum atomic E-state index is 11.9. The van der Waals surface area contributed by atoms with Crippen molar-refractivity contribution in [3.63, 3.8) is 0 Å². The van der Waals surface area contributed by atoms with Crippen molar-refractivity contribution in [1.29, 1.82) is 0 Å². The van der Waals surface area contributed by atoms with Crippen LogP contribution >= 0.6 is 0 Å². The van der Waals surface area contributed by atoms with Gasteiger partial charge in [0.1, 0.15) is 13.2 Å². The summed E-state index contributed by atoms with van der Waals surface area (Å²) >= 11 is 0. The Bertz CT molecular complexity index is 823. The Balaban J connectivity index is 1.68. The van der Waals surface area contributed by atoms with Crippen LogP contribution in [0.3, 0.4) is 0 Å². The molecule has 0 radical (unpaired) electrons. The first-order valence-electron chi connectivity index (χ1n) is 14.7. The minimum Gasteiger partial charge on any atom is -0.463 e. The Morgan fingerprint density at radius 3 is 0.977 bits per heavy atom. The Hall–Kier alpha value is -2.53. The van der Waals surface area contributed by atoms with Crippen LogP contribution < -0.4 is 0 Å². The fraction of sp³-hybridized carbons (Fsp3) is 0.700. The summed E-state index contributed by atoms with van der Waals surface area (Å²) in [7, 11) is 0. The molecule has 14 heteroatoms. The number of rotatable bonds is 32. The highest BCUT2D eigenvalue weighted by atomic mass is 16.6. The highest BCUT2D eigenvalue weighted by Crippen LogP contribution is 2.01. The zero-order chi connectivity index (χ0) is 31.8. The van der Waals surface area contributed by atoms with E-state index >= 15 is 0 Å². The second-order valence-corrected chi connectivity index (χ2v) is 8.68. The van der Waals surface area contributed by atoms with Gasteiger partial charge >= 0.3 is 11.9 Å². The monoisotopic (exact) mass is 632 g/mol. The quantitative estimate of drug-likeness (QED) is 0.0483. The van der Waals surface area contributed by atoms with Crippen LogP contribution in [0.4, 0.5) is 0 Å². The Labute approximate surface area is 259 Å². The van der Waals surface area contributed by atoms with E-state index in [1.54, 1.807) is 30.3 Å². The van der Waals surface area contributed by atoms with Crippen LogP contribution in [0.2, 0.25) is 0 Å². The van der Waals surface area contributed by atoms with E-state index in [1.807, 2.05) is 0 Å². The number of esters is 2. The average Bonchev–Trinajstić information content (AvgIpc) is 3.03. The standard InChI is InChI=1S/C30H48O14/c1-27(31)43-25-23-41-21-19-39-17-15-37-13-11-35-9-7-34-8-10-36-12-14-38-16-18-40-20-22-42-24-26-44-30(33)29(32)28-5-3-2-4-6-28/h2-6H,7-26H2,1H3. The topological polar surface area (TPSA) is 153 Å². The third-order valence-electron chi connectivity index (χ3n) is 5.19. The summed E-state index contributed by atoms with van der Waals surface area (Å²) in [5.41, 5.74) is 0.293. The smallest absolute Gasteiger partial charge is 0.379 e. The molecule has 0 spiro atoms. The molecule has 0 saturated carbocycles. The van der Waals surface area contributed by atoms with Gasteiger partial charge in [-0.1, -0.05) is 30.3 Å². The van der Waals surface area contributed by atoms with E-state index in [0.29, 0.717) is 118 Å². The molecule has 0 unspecified atom stereocenters.